The van der Waals surface area contributed by atoms with Crippen LogP contribution in [0.1, 0.15) is 35.6 Å². The number of rotatable bonds is 4. The molecule has 0 saturated carbocycles. The van der Waals surface area contributed by atoms with Crippen molar-refractivity contribution in [2.45, 2.75) is 26.8 Å². The molecule has 0 amide bonds. The topological polar surface area (TPSA) is 48.4 Å². The lowest BCUT2D eigenvalue weighted by Crippen LogP contribution is -2.11. The highest BCUT2D eigenvalue weighted by Crippen LogP contribution is 2.26. The third-order valence-corrected chi connectivity index (χ3v) is 2.96. The summed E-state index contributed by atoms with van der Waals surface area (Å²) in [6, 6.07) is 9.73. The molecule has 0 fully saturated rings. The van der Waals surface area contributed by atoms with Gasteiger partial charge in [-0.25, -0.2) is 0 Å². The third-order valence-electron chi connectivity index (χ3n) is 2.96. The van der Waals surface area contributed by atoms with Crippen LogP contribution in [0.3, 0.4) is 0 Å². The number of benzene rings is 1. The fourth-order valence-corrected chi connectivity index (χ4v) is 2.08. The highest BCUT2D eigenvalue weighted by atomic mass is 16.5. The Kier molecular flexibility index (Phi) is 3.72. The maximum absolute atomic E-state index is 6.25. The molecular weight excluding hydrogens is 226 g/mol. The van der Waals surface area contributed by atoms with E-state index in [1.54, 1.807) is 0 Å². The van der Waals surface area contributed by atoms with Crippen LogP contribution in [0.4, 0.5) is 0 Å². The summed E-state index contributed by atoms with van der Waals surface area (Å²) >= 11 is 0. The van der Waals surface area contributed by atoms with Crippen molar-refractivity contribution >= 4 is 0 Å². The third kappa shape index (κ3) is 2.57. The summed E-state index contributed by atoms with van der Waals surface area (Å²) in [7, 11) is 0. The first-order valence-corrected chi connectivity index (χ1v) is 6.17. The Hall–Kier alpha value is -1.74. The molecule has 2 aromatic rings. The summed E-state index contributed by atoms with van der Waals surface area (Å²) in [5.41, 5.74) is 8.35. The number of aryl methyl sites for hydroxylation is 2. The second-order valence-corrected chi connectivity index (χ2v) is 4.35. The van der Waals surface area contributed by atoms with E-state index in [9.17, 15) is 0 Å². The second kappa shape index (κ2) is 5.27. The van der Waals surface area contributed by atoms with Crippen molar-refractivity contribution in [3.8, 4) is 5.75 Å². The van der Waals surface area contributed by atoms with E-state index in [0.29, 0.717) is 6.61 Å². The monoisotopic (exact) mass is 245 g/mol. The fourth-order valence-electron chi connectivity index (χ4n) is 2.08. The highest BCUT2D eigenvalue weighted by molar-refractivity contribution is 5.36. The molecule has 18 heavy (non-hydrogen) atoms. The largest absolute Gasteiger partial charge is 0.494 e. The lowest BCUT2D eigenvalue weighted by Gasteiger charge is -2.12. The lowest BCUT2D eigenvalue weighted by atomic mass is 10.00. The van der Waals surface area contributed by atoms with Crippen molar-refractivity contribution in [1.82, 2.24) is 0 Å². The van der Waals surface area contributed by atoms with Gasteiger partial charge in [0.1, 0.15) is 17.3 Å². The van der Waals surface area contributed by atoms with E-state index in [0.717, 1.165) is 28.4 Å². The van der Waals surface area contributed by atoms with Gasteiger partial charge in [0.15, 0.2) is 0 Å². The quantitative estimate of drug-likeness (QED) is 0.898. The van der Waals surface area contributed by atoms with Gasteiger partial charge in [0.05, 0.1) is 12.6 Å². The SMILES string of the molecule is CCOc1ccc(C(N)c2cc(C)oc2C)cc1. The molecule has 0 aliphatic heterocycles. The summed E-state index contributed by atoms with van der Waals surface area (Å²) in [5, 5.41) is 0. The van der Waals surface area contributed by atoms with Gasteiger partial charge in [0.2, 0.25) is 0 Å². The van der Waals surface area contributed by atoms with Crippen molar-refractivity contribution in [1.29, 1.82) is 0 Å². The molecule has 1 aromatic carbocycles. The number of nitrogens with two attached hydrogens (primary N) is 1. The average Bonchev–Trinajstić information content (AvgIpc) is 2.69. The van der Waals surface area contributed by atoms with E-state index < -0.39 is 0 Å². The van der Waals surface area contributed by atoms with E-state index in [-0.39, 0.29) is 6.04 Å². The normalized spacial score (nSPS) is 12.4. The maximum Gasteiger partial charge on any atom is 0.119 e. The molecule has 0 saturated heterocycles. The van der Waals surface area contributed by atoms with Gasteiger partial charge in [0.25, 0.3) is 0 Å². The Bertz CT molecular complexity index is 514. The smallest absolute Gasteiger partial charge is 0.119 e. The maximum atomic E-state index is 6.25. The van der Waals surface area contributed by atoms with Gasteiger partial charge in [-0.15, -0.1) is 0 Å². The summed E-state index contributed by atoms with van der Waals surface area (Å²) in [6.07, 6.45) is 0. The first kappa shape index (κ1) is 12.7. The molecule has 1 heterocycles. The Balaban J connectivity index is 2.23. The number of hydrogen-bond acceptors (Lipinski definition) is 3. The number of hydrogen-bond donors (Lipinski definition) is 1. The minimum Gasteiger partial charge on any atom is -0.494 e. The molecule has 1 atom stereocenters. The molecule has 2 rings (SSSR count). The second-order valence-electron chi connectivity index (χ2n) is 4.35. The highest BCUT2D eigenvalue weighted by Gasteiger charge is 2.14. The molecule has 0 radical (unpaired) electrons. The predicted molar refractivity (Wildman–Crippen MR) is 71.8 cm³/mol. The minimum atomic E-state index is -0.155. The molecule has 0 aliphatic rings. The molecule has 0 spiro atoms. The van der Waals surface area contributed by atoms with Gasteiger partial charge in [-0.3, -0.25) is 0 Å². The zero-order valence-electron chi connectivity index (χ0n) is 11.1. The first-order valence-electron chi connectivity index (χ1n) is 6.17. The summed E-state index contributed by atoms with van der Waals surface area (Å²) in [4.78, 5) is 0. The molecule has 3 heteroatoms. The zero-order valence-corrected chi connectivity index (χ0v) is 11.1. The van der Waals surface area contributed by atoms with Crippen molar-refractivity contribution < 1.29 is 9.15 Å². The number of ether oxygens (including phenoxy) is 1. The number of furan rings is 1. The van der Waals surface area contributed by atoms with Gasteiger partial charge >= 0.3 is 0 Å². The van der Waals surface area contributed by atoms with Gasteiger partial charge in [-0.1, -0.05) is 12.1 Å². The van der Waals surface area contributed by atoms with Crippen LogP contribution in [-0.4, -0.2) is 6.61 Å². The van der Waals surface area contributed by atoms with Crippen LogP contribution < -0.4 is 10.5 Å². The molecule has 2 N–H and O–H groups in total. The van der Waals surface area contributed by atoms with Gasteiger partial charge in [0, 0.05) is 5.56 Å². The molecule has 3 nitrogen and oxygen atoms in total. The molecule has 96 valence electrons. The van der Waals surface area contributed by atoms with Gasteiger partial charge in [-0.05, 0) is 44.5 Å². The van der Waals surface area contributed by atoms with Crippen LogP contribution >= 0.6 is 0 Å². The molecule has 0 bridgehead atoms. The first-order chi connectivity index (χ1) is 8.61. The summed E-state index contributed by atoms with van der Waals surface area (Å²) in [6.45, 7) is 6.51. The zero-order chi connectivity index (χ0) is 13.1. The average molecular weight is 245 g/mol. The fraction of sp³-hybridized carbons (Fsp3) is 0.333. The van der Waals surface area contributed by atoms with Crippen LogP contribution in [0.2, 0.25) is 0 Å². The van der Waals surface area contributed by atoms with E-state index in [2.05, 4.69) is 0 Å². The molecule has 1 unspecified atom stereocenters. The summed E-state index contributed by atoms with van der Waals surface area (Å²) in [5.74, 6) is 2.64. The standard InChI is InChI=1S/C15H19NO2/c1-4-17-13-7-5-12(6-8-13)15(16)14-9-10(2)18-11(14)3/h5-9,15H,4,16H2,1-3H3. The molecule has 1 aromatic heterocycles. The van der Waals surface area contributed by atoms with E-state index >= 15 is 0 Å². The lowest BCUT2D eigenvalue weighted by molar-refractivity contribution is 0.340. The van der Waals surface area contributed by atoms with Crippen molar-refractivity contribution in [2.24, 2.45) is 5.73 Å². The van der Waals surface area contributed by atoms with E-state index in [1.807, 2.05) is 51.1 Å². The van der Waals surface area contributed by atoms with E-state index in [4.69, 9.17) is 14.9 Å². The van der Waals surface area contributed by atoms with Crippen molar-refractivity contribution in [2.75, 3.05) is 6.61 Å². The van der Waals surface area contributed by atoms with Crippen LogP contribution in [0.5, 0.6) is 5.75 Å². The molecule has 0 aliphatic carbocycles. The Morgan fingerprint density at radius 3 is 2.39 bits per heavy atom. The molecular formula is C15H19NO2. The minimum absolute atomic E-state index is 0.155. The van der Waals surface area contributed by atoms with Crippen LogP contribution in [0, 0.1) is 13.8 Å². The van der Waals surface area contributed by atoms with Crippen molar-refractivity contribution in [3.63, 3.8) is 0 Å². The Morgan fingerprint density at radius 2 is 1.89 bits per heavy atom. The Labute approximate surface area is 108 Å². The van der Waals surface area contributed by atoms with Crippen LogP contribution in [0.15, 0.2) is 34.7 Å². The Morgan fingerprint density at radius 1 is 1.22 bits per heavy atom. The van der Waals surface area contributed by atoms with Crippen LogP contribution in [-0.2, 0) is 0 Å². The van der Waals surface area contributed by atoms with Crippen molar-refractivity contribution in [3.05, 3.63) is 53.0 Å². The van der Waals surface area contributed by atoms with E-state index in [1.165, 1.54) is 0 Å². The van der Waals surface area contributed by atoms with Crippen LogP contribution in [0.25, 0.3) is 0 Å². The van der Waals surface area contributed by atoms with Gasteiger partial charge < -0.3 is 14.9 Å². The predicted octanol–water partition coefficient (Wildman–Crippen LogP) is 3.34. The summed E-state index contributed by atoms with van der Waals surface area (Å²) < 4.78 is 10.9. The van der Waals surface area contributed by atoms with Gasteiger partial charge in [-0.2, -0.15) is 0 Å².